The van der Waals surface area contributed by atoms with Crippen molar-refractivity contribution in [2.45, 2.75) is 12.0 Å². The number of aliphatic hydroxyl groups is 1. The summed E-state index contributed by atoms with van der Waals surface area (Å²) in [6.45, 7) is 0.244. The summed E-state index contributed by atoms with van der Waals surface area (Å²) in [5.74, 6) is 0.300. The van der Waals surface area contributed by atoms with Crippen LogP contribution in [0.4, 0.5) is 4.39 Å². The van der Waals surface area contributed by atoms with Crippen molar-refractivity contribution < 1.29 is 23.8 Å². The van der Waals surface area contributed by atoms with Gasteiger partial charge in [-0.25, -0.2) is 4.39 Å². The van der Waals surface area contributed by atoms with E-state index in [0.29, 0.717) is 30.1 Å². The van der Waals surface area contributed by atoms with Crippen LogP contribution in [0.5, 0.6) is 11.5 Å². The molecule has 1 heterocycles. The highest BCUT2D eigenvalue weighted by Crippen LogP contribution is 2.36. The molecule has 0 fully saturated rings. The molecule has 0 bridgehead atoms. The molecule has 0 aromatic heterocycles. The fraction of sp³-hybridized carbons (Fsp3) is 0.278. The zero-order valence-corrected chi connectivity index (χ0v) is 13.0. The van der Waals surface area contributed by atoms with Gasteiger partial charge >= 0.3 is 0 Å². The summed E-state index contributed by atoms with van der Waals surface area (Å²) in [6, 6.07) is 12.6. The summed E-state index contributed by atoms with van der Waals surface area (Å²) in [4.78, 5) is 11.9. The van der Waals surface area contributed by atoms with Crippen molar-refractivity contribution in [2.75, 3.05) is 19.8 Å². The van der Waals surface area contributed by atoms with E-state index in [9.17, 15) is 14.3 Å². The Morgan fingerprint density at radius 2 is 2.00 bits per heavy atom. The zero-order valence-electron chi connectivity index (χ0n) is 13.0. The molecule has 1 amide bonds. The van der Waals surface area contributed by atoms with E-state index in [1.54, 1.807) is 12.1 Å². The topological polar surface area (TPSA) is 67.8 Å². The van der Waals surface area contributed by atoms with Crippen LogP contribution in [0.25, 0.3) is 0 Å². The van der Waals surface area contributed by atoms with E-state index >= 15 is 0 Å². The summed E-state index contributed by atoms with van der Waals surface area (Å²) in [6.07, 6.45) is 0.392. The van der Waals surface area contributed by atoms with Gasteiger partial charge in [-0.1, -0.05) is 18.2 Å². The largest absolute Gasteiger partial charge is 0.493 e. The van der Waals surface area contributed by atoms with E-state index in [4.69, 9.17) is 9.47 Å². The van der Waals surface area contributed by atoms with Gasteiger partial charge in [-0.15, -0.1) is 0 Å². The monoisotopic (exact) mass is 331 g/mol. The van der Waals surface area contributed by atoms with Gasteiger partial charge in [0, 0.05) is 12.0 Å². The second-order valence-corrected chi connectivity index (χ2v) is 5.65. The van der Waals surface area contributed by atoms with Gasteiger partial charge < -0.3 is 19.9 Å². The van der Waals surface area contributed by atoms with Gasteiger partial charge in [0.05, 0.1) is 13.2 Å². The van der Waals surface area contributed by atoms with Crippen molar-refractivity contribution in [3.63, 3.8) is 0 Å². The van der Waals surface area contributed by atoms with Crippen molar-refractivity contribution >= 4 is 5.91 Å². The highest BCUT2D eigenvalue weighted by Gasteiger charge is 2.35. The molecule has 5 nitrogen and oxygen atoms in total. The van der Waals surface area contributed by atoms with Gasteiger partial charge in [0.15, 0.2) is 6.61 Å². The van der Waals surface area contributed by atoms with E-state index in [1.807, 2.05) is 12.1 Å². The fourth-order valence-electron chi connectivity index (χ4n) is 2.60. The Morgan fingerprint density at radius 3 is 2.79 bits per heavy atom. The first-order valence-electron chi connectivity index (χ1n) is 7.67. The van der Waals surface area contributed by atoms with Crippen LogP contribution in [0.15, 0.2) is 48.5 Å². The molecule has 1 aliphatic rings. The number of ether oxygens (including phenoxy) is 2. The number of carbonyl (C=O) groups is 1. The minimum absolute atomic E-state index is 0.0684. The maximum absolute atomic E-state index is 12.8. The molecule has 6 heteroatoms. The molecule has 0 aliphatic carbocycles. The quantitative estimate of drug-likeness (QED) is 0.879. The lowest BCUT2D eigenvalue weighted by Crippen LogP contribution is -2.45. The average molecular weight is 331 g/mol. The molecule has 2 aromatic rings. The lowest BCUT2D eigenvalue weighted by atomic mass is 9.88. The molecule has 0 saturated carbocycles. The molecule has 24 heavy (non-hydrogen) atoms. The second kappa shape index (κ2) is 6.88. The molecule has 1 unspecified atom stereocenters. The van der Waals surface area contributed by atoms with Gasteiger partial charge in [-0.3, -0.25) is 4.79 Å². The van der Waals surface area contributed by atoms with Crippen LogP contribution in [0.2, 0.25) is 0 Å². The number of nitrogens with one attached hydrogen (secondary N) is 1. The Balaban J connectivity index is 1.55. The zero-order chi connectivity index (χ0) is 17.0. The van der Waals surface area contributed by atoms with Crippen LogP contribution in [0.3, 0.4) is 0 Å². The lowest BCUT2D eigenvalue weighted by Gasteiger charge is -2.34. The Bertz CT molecular complexity index is 719. The van der Waals surface area contributed by atoms with Crippen LogP contribution in [-0.4, -0.2) is 30.8 Å². The fourth-order valence-corrected chi connectivity index (χ4v) is 2.60. The van der Waals surface area contributed by atoms with Crippen LogP contribution >= 0.6 is 0 Å². The highest BCUT2D eigenvalue weighted by molar-refractivity contribution is 5.77. The van der Waals surface area contributed by atoms with Crippen LogP contribution in [0, 0.1) is 5.82 Å². The summed E-state index contributed by atoms with van der Waals surface area (Å²) in [7, 11) is 0. The minimum Gasteiger partial charge on any atom is -0.493 e. The van der Waals surface area contributed by atoms with Gasteiger partial charge in [0.2, 0.25) is 0 Å². The Morgan fingerprint density at radius 1 is 1.25 bits per heavy atom. The number of hydrogen-bond donors (Lipinski definition) is 2. The molecule has 126 valence electrons. The Labute approximate surface area is 139 Å². The van der Waals surface area contributed by atoms with Gasteiger partial charge in [0.1, 0.15) is 22.9 Å². The molecular formula is C18H18FNO4. The van der Waals surface area contributed by atoms with Crippen molar-refractivity contribution in [1.29, 1.82) is 0 Å². The first kappa shape index (κ1) is 16.3. The van der Waals surface area contributed by atoms with E-state index in [2.05, 4.69) is 5.32 Å². The van der Waals surface area contributed by atoms with Crippen molar-refractivity contribution in [3.05, 3.63) is 59.9 Å². The molecule has 3 rings (SSSR count). The molecule has 1 atom stereocenters. The van der Waals surface area contributed by atoms with Crippen LogP contribution in [0.1, 0.15) is 12.0 Å². The molecule has 0 radical (unpaired) electrons. The normalized spacial score (nSPS) is 19.1. The van der Waals surface area contributed by atoms with E-state index < -0.39 is 5.60 Å². The first-order valence-corrected chi connectivity index (χ1v) is 7.67. The Kier molecular flexibility index (Phi) is 4.66. The number of hydrogen-bond acceptors (Lipinski definition) is 4. The predicted molar refractivity (Wildman–Crippen MR) is 85.4 cm³/mol. The van der Waals surface area contributed by atoms with Gasteiger partial charge in [-0.2, -0.15) is 0 Å². The molecule has 2 aromatic carbocycles. The number of rotatable bonds is 5. The molecule has 1 aliphatic heterocycles. The summed E-state index contributed by atoms with van der Waals surface area (Å²) in [5, 5.41) is 13.5. The van der Waals surface area contributed by atoms with E-state index in [-0.39, 0.29) is 24.9 Å². The van der Waals surface area contributed by atoms with Crippen molar-refractivity contribution in [1.82, 2.24) is 5.32 Å². The molecule has 2 N–H and O–H groups in total. The van der Waals surface area contributed by atoms with Crippen molar-refractivity contribution in [3.8, 4) is 11.5 Å². The minimum atomic E-state index is -1.17. The molecular weight excluding hydrogens is 313 g/mol. The molecule has 0 saturated heterocycles. The average Bonchev–Trinajstić information content (AvgIpc) is 2.60. The van der Waals surface area contributed by atoms with Gasteiger partial charge in [0.25, 0.3) is 5.91 Å². The third-order valence-electron chi connectivity index (χ3n) is 3.92. The smallest absolute Gasteiger partial charge is 0.258 e. The number of para-hydroxylation sites is 1. The van der Waals surface area contributed by atoms with E-state index in [1.165, 1.54) is 24.3 Å². The van der Waals surface area contributed by atoms with Crippen molar-refractivity contribution in [2.24, 2.45) is 0 Å². The summed E-state index contributed by atoms with van der Waals surface area (Å²) in [5.41, 5.74) is -0.503. The number of halogens is 1. The lowest BCUT2D eigenvalue weighted by molar-refractivity contribution is -0.124. The van der Waals surface area contributed by atoms with Gasteiger partial charge in [-0.05, 0) is 30.3 Å². The third kappa shape index (κ3) is 3.65. The number of benzene rings is 2. The van der Waals surface area contributed by atoms with E-state index in [0.717, 1.165) is 0 Å². The SMILES string of the molecule is O=C(COc1ccc(F)cc1)NCC1(O)CCOc2ccccc21. The summed E-state index contributed by atoms with van der Waals surface area (Å²) >= 11 is 0. The number of carbonyl (C=O) groups excluding carboxylic acids is 1. The molecule has 0 spiro atoms. The highest BCUT2D eigenvalue weighted by atomic mass is 19.1. The third-order valence-corrected chi connectivity index (χ3v) is 3.92. The van der Waals surface area contributed by atoms with Crippen LogP contribution in [-0.2, 0) is 10.4 Å². The maximum atomic E-state index is 12.8. The second-order valence-electron chi connectivity index (χ2n) is 5.65. The number of fused-ring (bicyclic) bond motifs is 1. The summed E-state index contributed by atoms with van der Waals surface area (Å²) < 4.78 is 23.6. The van der Waals surface area contributed by atoms with Crippen LogP contribution < -0.4 is 14.8 Å². The Hall–Kier alpha value is -2.60. The standard InChI is InChI=1S/C18H18FNO4/c19-13-5-7-14(8-6-13)24-11-17(21)20-12-18(22)9-10-23-16-4-2-1-3-15(16)18/h1-8,22H,9-12H2,(H,20,21). The maximum Gasteiger partial charge on any atom is 0.258 e. The first-order chi connectivity index (χ1) is 11.6. The predicted octanol–water partition coefficient (Wildman–Crippen LogP) is 1.99. The number of amides is 1.